The average molecular weight is 254 g/mol. The average Bonchev–Trinajstić information content (AvgIpc) is 2.39. The number of carbonyl (C=O) groups excluding carboxylic acids is 1. The first-order valence-electron chi connectivity index (χ1n) is 6.44. The molecule has 0 atom stereocenters. The van der Waals surface area contributed by atoms with Crippen molar-refractivity contribution in [3.63, 3.8) is 0 Å². The zero-order valence-electron chi connectivity index (χ0n) is 11.5. The highest BCUT2D eigenvalue weighted by Gasteiger charge is 2.09. The molecule has 0 fully saturated rings. The minimum absolute atomic E-state index is 0.101. The SMILES string of the molecule is Cc1ccc(-c2cccc(C(=O)OC(C)C)c2)cc1. The van der Waals surface area contributed by atoms with Crippen LogP contribution in [0.5, 0.6) is 0 Å². The van der Waals surface area contributed by atoms with E-state index >= 15 is 0 Å². The van der Waals surface area contributed by atoms with Crippen molar-refractivity contribution in [1.82, 2.24) is 0 Å². The van der Waals surface area contributed by atoms with E-state index < -0.39 is 0 Å². The first-order chi connectivity index (χ1) is 9.06. The summed E-state index contributed by atoms with van der Waals surface area (Å²) in [5.74, 6) is -0.274. The quantitative estimate of drug-likeness (QED) is 0.766. The normalized spacial score (nSPS) is 10.5. The van der Waals surface area contributed by atoms with Crippen LogP contribution in [0.4, 0.5) is 0 Å². The van der Waals surface area contributed by atoms with Crippen LogP contribution in [0.1, 0.15) is 29.8 Å². The van der Waals surface area contributed by atoms with Gasteiger partial charge in [0, 0.05) is 0 Å². The predicted octanol–water partition coefficient (Wildman–Crippen LogP) is 4.23. The Morgan fingerprint density at radius 1 is 1.00 bits per heavy atom. The number of ether oxygens (including phenoxy) is 1. The molecule has 0 heterocycles. The minimum atomic E-state index is -0.274. The van der Waals surface area contributed by atoms with Gasteiger partial charge in [-0.15, -0.1) is 0 Å². The van der Waals surface area contributed by atoms with Gasteiger partial charge < -0.3 is 4.74 Å². The third-order valence-electron chi connectivity index (χ3n) is 2.83. The lowest BCUT2D eigenvalue weighted by Gasteiger charge is -2.09. The lowest BCUT2D eigenvalue weighted by atomic mass is 10.0. The molecule has 0 amide bonds. The van der Waals surface area contributed by atoms with E-state index in [4.69, 9.17) is 4.74 Å². The van der Waals surface area contributed by atoms with Crippen LogP contribution < -0.4 is 0 Å². The maximum absolute atomic E-state index is 11.9. The van der Waals surface area contributed by atoms with Gasteiger partial charge in [0.25, 0.3) is 0 Å². The molecule has 0 bridgehead atoms. The molecule has 0 aliphatic heterocycles. The van der Waals surface area contributed by atoms with Crippen LogP contribution in [-0.2, 0) is 4.74 Å². The number of esters is 1. The van der Waals surface area contributed by atoms with Gasteiger partial charge >= 0.3 is 5.97 Å². The summed E-state index contributed by atoms with van der Waals surface area (Å²) in [7, 11) is 0. The van der Waals surface area contributed by atoms with Gasteiger partial charge in [-0.2, -0.15) is 0 Å². The molecular formula is C17H18O2. The highest BCUT2D eigenvalue weighted by molar-refractivity contribution is 5.91. The summed E-state index contributed by atoms with van der Waals surface area (Å²) in [5, 5.41) is 0. The minimum Gasteiger partial charge on any atom is -0.459 e. The van der Waals surface area contributed by atoms with E-state index in [9.17, 15) is 4.79 Å². The Balaban J connectivity index is 2.29. The molecule has 0 unspecified atom stereocenters. The second-order valence-electron chi connectivity index (χ2n) is 4.90. The van der Waals surface area contributed by atoms with E-state index in [0.29, 0.717) is 5.56 Å². The fourth-order valence-electron chi connectivity index (χ4n) is 1.85. The van der Waals surface area contributed by atoms with Crippen LogP contribution in [0.25, 0.3) is 11.1 Å². The lowest BCUT2D eigenvalue weighted by molar-refractivity contribution is 0.0378. The zero-order valence-corrected chi connectivity index (χ0v) is 11.5. The molecule has 0 saturated heterocycles. The summed E-state index contributed by atoms with van der Waals surface area (Å²) in [5.41, 5.74) is 3.94. The first kappa shape index (κ1) is 13.3. The lowest BCUT2D eigenvalue weighted by Crippen LogP contribution is -2.11. The van der Waals surface area contributed by atoms with E-state index in [1.165, 1.54) is 5.56 Å². The number of carbonyl (C=O) groups is 1. The van der Waals surface area contributed by atoms with Crippen LogP contribution >= 0.6 is 0 Å². The maximum Gasteiger partial charge on any atom is 0.338 e. The first-order valence-corrected chi connectivity index (χ1v) is 6.44. The molecule has 19 heavy (non-hydrogen) atoms. The second kappa shape index (κ2) is 5.70. The van der Waals surface area contributed by atoms with Crippen LogP contribution in [0.15, 0.2) is 48.5 Å². The summed E-state index contributed by atoms with van der Waals surface area (Å²) in [4.78, 5) is 11.9. The summed E-state index contributed by atoms with van der Waals surface area (Å²) in [6.45, 7) is 5.75. The van der Waals surface area contributed by atoms with Crippen molar-refractivity contribution >= 4 is 5.97 Å². The van der Waals surface area contributed by atoms with E-state index in [1.54, 1.807) is 6.07 Å². The van der Waals surface area contributed by atoms with Gasteiger partial charge in [0.15, 0.2) is 0 Å². The molecule has 0 aliphatic carbocycles. The predicted molar refractivity (Wildman–Crippen MR) is 77.2 cm³/mol. The van der Waals surface area contributed by atoms with Gasteiger partial charge in [-0.05, 0) is 44.0 Å². The van der Waals surface area contributed by atoms with E-state index in [2.05, 4.69) is 31.2 Å². The molecule has 0 saturated carbocycles. The zero-order chi connectivity index (χ0) is 13.8. The van der Waals surface area contributed by atoms with Crippen molar-refractivity contribution in [3.8, 4) is 11.1 Å². The van der Waals surface area contributed by atoms with Gasteiger partial charge in [0.2, 0.25) is 0 Å². The molecule has 2 heteroatoms. The molecule has 2 rings (SSSR count). The van der Waals surface area contributed by atoms with Crippen molar-refractivity contribution in [2.75, 3.05) is 0 Å². The van der Waals surface area contributed by atoms with Gasteiger partial charge in [0.1, 0.15) is 0 Å². The third-order valence-corrected chi connectivity index (χ3v) is 2.83. The Morgan fingerprint density at radius 3 is 2.32 bits per heavy atom. The maximum atomic E-state index is 11.9. The van der Waals surface area contributed by atoms with Crippen molar-refractivity contribution in [2.24, 2.45) is 0 Å². The highest BCUT2D eigenvalue weighted by atomic mass is 16.5. The molecule has 98 valence electrons. The van der Waals surface area contributed by atoms with Crippen molar-refractivity contribution < 1.29 is 9.53 Å². The Morgan fingerprint density at radius 2 is 1.68 bits per heavy atom. The van der Waals surface area contributed by atoms with Crippen molar-refractivity contribution in [2.45, 2.75) is 26.9 Å². The van der Waals surface area contributed by atoms with Gasteiger partial charge in [0.05, 0.1) is 11.7 Å². The van der Waals surface area contributed by atoms with Gasteiger partial charge in [-0.1, -0.05) is 42.0 Å². The van der Waals surface area contributed by atoms with Crippen LogP contribution in [-0.4, -0.2) is 12.1 Å². The number of aryl methyl sites for hydroxylation is 1. The second-order valence-corrected chi connectivity index (χ2v) is 4.90. The fourth-order valence-corrected chi connectivity index (χ4v) is 1.85. The monoisotopic (exact) mass is 254 g/mol. The largest absolute Gasteiger partial charge is 0.459 e. The van der Waals surface area contributed by atoms with Crippen LogP contribution in [0.3, 0.4) is 0 Å². The molecule has 0 aromatic heterocycles. The highest BCUT2D eigenvalue weighted by Crippen LogP contribution is 2.21. The Kier molecular flexibility index (Phi) is 4.00. The standard InChI is InChI=1S/C17H18O2/c1-12(2)19-17(18)16-6-4-5-15(11-16)14-9-7-13(3)8-10-14/h4-12H,1-3H3. The van der Waals surface area contributed by atoms with Crippen molar-refractivity contribution in [3.05, 3.63) is 59.7 Å². The number of rotatable bonds is 3. The Labute approximate surface area is 114 Å². The molecule has 2 nitrogen and oxygen atoms in total. The Hall–Kier alpha value is -2.09. The molecular weight excluding hydrogens is 236 g/mol. The van der Waals surface area contributed by atoms with E-state index in [1.807, 2.05) is 32.0 Å². The third kappa shape index (κ3) is 3.44. The Bertz CT molecular complexity index is 568. The van der Waals surface area contributed by atoms with Crippen LogP contribution in [0.2, 0.25) is 0 Å². The molecule has 0 radical (unpaired) electrons. The molecule has 0 aliphatic rings. The van der Waals surface area contributed by atoms with Gasteiger partial charge in [-0.3, -0.25) is 0 Å². The molecule has 2 aromatic rings. The van der Waals surface area contributed by atoms with Crippen LogP contribution in [0, 0.1) is 6.92 Å². The molecule has 0 N–H and O–H groups in total. The smallest absolute Gasteiger partial charge is 0.338 e. The molecule has 2 aromatic carbocycles. The van der Waals surface area contributed by atoms with E-state index in [-0.39, 0.29) is 12.1 Å². The number of hydrogen-bond acceptors (Lipinski definition) is 2. The van der Waals surface area contributed by atoms with E-state index in [0.717, 1.165) is 11.1 Å². The summed E-state index contributed by atoms with van der Waals surface area (Å²) >= 11 is 0. The summed E-state index contributed by atoms with van der Waals surface area (Å²) in [6.07, 6.45) is -0.101. The van der Waals surface area contributed by atoms with Crippen molar-refractivity contribution in [1.29, 1.82) is 0 Å². The fraction of sp³-hybridized carbons (Fsp3) is 0.235. The topological polar surface area (TPSA) is 26.3 Å². The molecule has 0 spiro atoms. The number of benzene rings is 2. The van der Waals surface area contributed by atoms with Gasteiger partial charge in [-0.25, -0.2) is 4.79 Å². The summed E-state index contributed by atoms with van der Waals surface area (Å²) < 4.78 is 5.21. The number of hydrogen-bond donors (Lipinski definition) is 0. The summed E-state index contributed by atoms with van der Waals surface area (Å²) in [6, 6.07) is 15.8.